The predicted molar refractivity (Wildman–Crippen MR) is 73.7 cm³/mol. The van der Waals surface area contributed by atoms with Crippen molar-refractivity contribution in [2.24, 2.45) is 0 Å². The third kappa shape index (κ3) is 3.02. The average Bonchev–Trinajstić information content (AvgIpc) is 2.85. The van der Waals surface area contributed by atoms with E-state index < -0.39 is 4.92 Å². The topological polar surface area (TPSA) is 106 Å². The van der Waals surface area contributed by atoms with Gasteiger partial charge in [0.15, 0.2) is 0 Å². The molecule has 20 heavy (non-hydrogen) atoms. The van der Waals surface area contributed by atoms with Crippen molar-refractivity contribution in [1.82, 2.24) is 9.97 Å². The van der Waals surface area contributed by atoms with Gasteiger partial charge in [0.25, 0.3) is 5.69 Å². The Morgan fingerprint density at radius 2 is 2.10 bits per heavy atom. The van der Waals surface area contributed by atoms with Crippen molar-refractivity contribution >= 4 is 17.3 Å². The van der Waals surface area contributed by atoms with Crippen LogP contribution < -0.4 is 10.6 Å². The molecule has 0 aromatic carbocycles. The van der Waals surface area contributed by atoms with E-state index in [0.717, 1.165) is 0 Å². The first-order chi connectivity index (χ1) is 9.49. The van der Waals surface area contributed by atoms with Crippen LogP contribution in [0.25, 0.3) is 0 Å². The first-order valence-electron chi connectivity index (χ1n) is 6.02. The lowest BCUT2D eigenvalue weighted by Gasteiger charge is -2.12. The Bertz CT molecular complexity index is 625. The van der Waals surface area contributed by atoms with Crippen LogP contribution in [-0.2, 0) is 0 Å². The summed E-state index contributed by atoms with van der Waals surface area (Å²) in [6, 6.07) is 2.49. The van der Waals surface area contributed by atoms with Crippen LogP contribution in [0.1, 0.15) is 24.6 Å². The molecule has 0 spiro atoms. The Hall–Kier alpha value is -2.64. The molecule has 0 amide bonds. The predicted octanol–water partition coefficient (Wildman–Crippen LogP) is 2.50. The van der Waals surface area contributed by atoms with Gasteiger partial charge in [-0.2, -0.15) is 0 Å². The number of aryl methyl sites for hydroxylation is 1. The van der Waals surface area contributed by atoms with Gasteiger partial charge >= 0.3 is 0 Å². The summed E-state index contributed by atoms with van der Waals surface area (Å²) in [6.07, 6.45) is 1.62. The van der Waals surface area contributed by atoms with Gasteiger partial charge in [0.2, 0.25) is 5.89 Å². The van der Waals surface area contributed by atoms with Crippen molar-refractivity contribution in [3.05, 3.63) is 40.1 Å². The Labute approximate surface area is 115 Å². The summed E-state index contributed by atoms with van der Waals surface area (Å²) in [7, 11) is 1.65. The summed E-state index contributed by atoms with van der Waals surface area (Å²) >= 11 is 0. The third-order valence-electron chi connectivity index (χ3n) is 2.65. The van der Waals surface area contributed by atoms with Gasteiger partial charge in [0.1, 0.15) is 23.4 Å². The fourth-order valence-electron chi connectivity index (χ4n) is 1.68. The van der Waals surface area contributed by atoms with Gasteiger partial charge in [-0.15, -0.1) is 0 Å². The SMILES string of the molecule is CNc1cc([N+](=O)[O-])cc(NC(C)c2ncc(C)o2)n1. The van der Waals surface area contributed by atoms with E-state index in [1.165, 1.54) is 12.1 Å². The highest BCUT2D eigenvalue weighted by molar-refractivity contribution is 5.54. The van der Waals surface area contributed by atoms with Gasteiger partial charge in [-0.05, 0) is 13.8 Å². The average molecular weight is 277 g/mol. The third-order valence-corrected chi connectivity index (χ3v) is 2.65. The van der Waals surface area contributed by atoms with Gasteiger partial charge in [0.05, 0.1) is 23.3 Å². The summed E-state index contributed by atoms with van der Waals surface area (Å²) < 4.78 is 5.40. The zero-order valence-corrected chi connectivity index (χ0v) is 11.4. The molecule has 2 rings (SSSR count). The summed E-state index contributed by atoms with van der Waals surface area (Å²) in [5.41, 5.74) is -0.0392. The highest BCUT2D eigenvalue weighted by atomic mass is 16.6. The van der Waals surface area contributed by atoms with Gasteiger partial charge in [-0.25, -0.2) is 9.97 Å². The number of nitro groups is 1. The number of oxazole rings is 1. The summed E-state index contributed by atoms with van der Waals surface area (Å²) in [6.45, 7) is 3.64. The van der Waals surface area contributed by atoms with Crippen LogP contribution in [-0.4, -0.2) is 21.9 Å². The molecule has 1 unspecified atom stereocenters. The summed E-state index contributed by atoms with van der Waals surface area (Å²) in [5, 5.41) is 16.7. The van der Waals surface area contributed by atoms with E-state index in [2.05, 4.69) is 20.6 Å². The summed E-state index contributed by atoms with van der Waals surface area (Å²) in [5.74, 6) is 2.00. The minimum atomic E-state index is -0.465. The Morgan fingerprint density at radius 3 is 2.65 bits per heavy atom. The maximum atomic E-state index is 10.9. The van der Waals surface area contributed by atoms with Gasteiger partial charge in [-0.3, -0.25) is 10.1 Å². The van der Waals surface area contributed by atoms with E-state index in [1.54, 1.807) is 20.2 Å². The standard InChI is InChI=1S/C12H15N5O3/c1-7-6-14-12(20-7)8(2)15-11-5-9(17(18)19)4-10(13-3)16-11/h4-6,8H,1-3H3,(H2,13,15,16). The van der Waals surface area contributed by atoms with Crippen molar-refractivity contribution in [3.63, 3.8) is 0 Å². The van der Waals surface area contributed by atoms with E-state index >= 15 is 0 Å². The zero-order valence-electron chi connectivity index (χ0n) is 11.4. The molecule has 0 bridgehead atoms. The molecule has 0 aliphatic carbocycles. The van der Waals surface area contributed by atoms with E-state index in [0.29, 0.717) is 23.3 Å². The number of hydrogen-bond donors (Lipinski definition) is 2. The lowest BCUT2D eigenvalue weighted by Crippen LogP contribution is -2.09. The zero-order chi connectivity index (χ0) is 14.7. The van der Waals surface area contributed by atoms with Crippen LogP contribution in [0.2, 0.25) is 0 Å². The highest BCUT2D eigenvalue weighted by Crippen LogP contribution is 2.23. The van der Waals surface area contributed by atoms with Crippen molar-refractivity contribution in [1.29, 1.82) is 0 Å². The number of rotatable bonds is 5. The van der Waals surface area contributed by atoms with Crippen molar-refractivity contribution in [3.8, 4) is 0 Å². The Balaban J connectivity index is 2.24. The van der Waals surface area contributed by atoms with Gasteiger partial charge < -0.3 is 15.1 Å². The Morgan fingerprint density at radius 1 is 1.40 bits per heavy atom. The number of nitrogens with one attached hydrogen (secondary N) is 2. The largest absolute Gasteiger partial charge is 0.444 e. The van der Waals surface area contributed by atoms with Crippen molar-refractivity contribution < 1.29 is 9.34 Å². The summed E-state index contributed by atoms with van der Waals surface area (Å²) in [4.78, 5) is 18.7. The Kier molecular flexibility index (Phi) is 3.83. The number of nitrogens with zero attached hydrogens (tertiary/aromatic N) is 3. The maximum absolute atomic E-state index is 10.9. The number of aromatic nitrogens is 2. The lowest BCUT2D eigenvalue weighted by atomic mass is 10.3. The van der Waals surface area contributed by atoms with Crippen LogP contribution in [0.15, 0.2) is 22.7 Å². The lowest BCUT2D eigenvalue weighted by molar-refractivity contribution is -0.384. The molecule has 106 valence electrons. The molecule has 1 atom stereocenters. The number of hydrogen-bond acceptors (Lipinski definition) is 7. The molecule has 0 saturated heterocycles. The quantitative estimate of drug-likeness (QED) is 0.638. The first-order valence-corrected chi connectivity index (χ1v) is 6.02. The molecule has 2 N–H and O–H groups in total. The fraction of sp³-hybridized carbons (Fsp3) is 0.333. The molecular formula is C12H15N5O3. The molecule has 8 heteroatoms. The van der Waals surface area contributed by atoms with Crippen LogP contribution in [0, 0.1) is 17.0 Å². The number of pyridine rings is 1. The molecule has 0 saturated carbocycles. The highest BCUT2D eigenvalue weighted by Gasteiger charge is 2.15. The molecular weight excluding hydrogens is 262 g/mol. The van der Waals surface area contributed by atoms with Crippen LogP contribution in [0.4, 0.5) is 17.3 Å². The number of anilines is 2. The van der Waals surface area contributed by atoms with Crippen LogP contribution in [0.3, 0.4) is 0 Å². The van der Waals surface area contributed by atoms with E-state index in [9.17, 15) is 10.1 Å². The maximum Gasteiger partial charge on any atom is 0.276 e. The minimum absolute atomic E-state index is 0.0392. The van der Waals surface area contributed by atoms with E-state index in [4.69, 9.17) is 4.42 Å². The van der Waals surface area contributed by atoms with E-state index in [1.807, 2.05) is 6.92 Å². The smallest absolute Gasteiger partial charge is 0.276 e. The van der Waals surface area contributed by atoms with Crippen molar-refractivity contribution in [2.45, 2.75) is 19.9 Å². The van der Waals surface area contributed by atoms with Gasteiger partial charge in [0, 0.05) is 7.05 Å². The molecule has 0 aliphatic heterocycles. The molecule has 0 radical (unpaired) electrons. The molecule has 2 aromatic rings. The second kappa shape index (κ2) is 5.55. The van der Waals surface area contributed by atoms with Gasteiger partial charge in [-0.1, -0.05) is 0 Å². The molecule has 8 nitrogen and oxygen atoms in total. The van der Waals surface area contributed by atoms with Crippen LogP contribution in [0.5, 0.6) is 0 Å². The second-order valence-electron chi connectivity index (χ2n) is 4.28. The molecule has 2 heterocycles. The van der Waals surface area contributed by atoms with Crippen LogP contribution >= 0.6 is 0 Å². The van der Waals surface area contributed by atoms with Crippen molar-refractivity contribution in [2.75, 3.05) is 17.7 Å². The minimum Gasteiger partial charge on any atom is -0.444 e. The molecule has 2 aromatic heterocycles. The normalized spacial score (nSPS) is 11.9. The first kappa shape index (κ1) is 13.8. The van der Waals surface area contributed by atoms with E-state index in [-0.39, 0.29) is 11.7 Å². The molecule has 0 aliphatic rings. The fourth-order valence-corrected chi connectivity index (χ4v) is 1.68. The monoisotopic (exact) mass is 277 g/mol. The second-order valence-corrected chi connectivity index (χ2v) is 4.28. The molecule has 0 fully saturated rings.